The van der Waals surface area contributed by atoms with Gasteiger partial charge in [0.1, 0.15) is 0 Å². The standard InChI is InChI=1S/C25H28N4O2/c1-17-11-12-20(25(31)29-21-9-5-6-10-23(21)30)13-22(17)26-14-18-15-27-24(28-16-18)19-7-3-2-4-8-19/h2-4,7-8,11-13,15-16,21,23,26,30H,5-6,9-10,14H2,1H3,(H,29,31)/t21-,23-/m0/s1. The Hall–Kier alpha value is -3.25. The molecule has 4 rings (SSSR count). The van der Waals surface area contributed by atoms with Crippen molar-refractivity contribution in [1.29, 1.82) is 0 Å². The van der Waals surface area contributed by atoms with Crippen LogP contribution in [0, 0.1) is 6.92 Å². The monoisotopic (exact) mass is 416 g/mol. The molecule has 0 spiro atoms. The van der Waals surface area contributed by atoms with Gasteiger partial charge >= 0.3 is 0 Å². The molecule has 1 aliphatic carbocycles. The van der Waals surface area contributed by atoms with E-state index in [1.807, 2.05) is 67.8 Å². The van der Waals surface area contributed by atoms with Crippen LogP contribution in [0.15, 0.2) is 60.9 Å². The molecule has 1 fully saturated rings. The number of hydrogen-bond acceptors (Lipinski definition) is 5. The van der Waals surface area contributed by atoms with E-state index in [4.69, 9.17) is 0 Å². The largest absolute Gasteiger partial charge is 0.391 e. The van der Waals surface area contributed by atoms with Gasteiger partial charge < -0.3 is 15.7 Å². The number of benzene rings is 2. The molecule has 0 bridgehead atoms. The predicted octanol–water partition coefficient (Wildman–Crippen LogP) is 4.10. The summed E-state index contributed by atoms with van der Waals surface area (Å²) >= 11 is 0. The zero-order valence-corrected chi connectivity index (χ0v) is 17.7. The van der Waals surface area contributed by atoms with Gasteiger partial charge in [-0.15, -0.1) is 0 Å². The first-order valence-corrected chi connectivity index (χ1v) is 10.8. The number of nitrogens with zero attached hydrogens (tertiary/aromatic N) is 2. The molecule has 1 saturated carbocycles. The van der Waals surface area contributed by atoms with Crippen LogP contribution in [0.25, 0.3) is 11.4 Å². The lowest BCUT2D eigenvalue weighted by atomic mass is 9.92. The molecule has 2 aromatic carbocycles. The number of aryl methyl sites for hydroxylation is 1. The molecule has 0 saturated heterocycles. The first kappa shape index (κ1) is 21.0. The van der Waals surface area contributed by atoms with Crippen molar-refractivity contribution in [3.63, 3.8) is 0 Å². The van der Waals surface area contributed by atoms with E-state index in [0.29, 0.717) is 17.9 Å². The molecule has 2 atom stereocenters. The van der Waals surface area contributed by atoms with E-state index in [1.165, 1.54) is 0 Å². The van der Waals surface area contributed by atoms with Gasteiger partial charge in [0.15, 0.2) is 5.82 Å². The average molecular weight is 417 g/mol. The SMILES string of the molecule is Cc1ccc(C(=O)N[C@H]2CCCC[C@@H]2O)cc1NCc1cnc(-c2ccccc2)nc1. The molecular formula is C25H28N4O2. The summed E-state index contributed by atoms with van der Waals surface area (Å²) in [5.74, 6) is 0.550. The molecule has 31 heavy (non-hydrogen) atoms. The van der Waals surface area contributed by atoms with Crippen LogP contribution in [0.2, 0.25) is 0 Å². The van der Waals surface area contributed by atoms with Crippen LogP contribution >= 0.6 is 0 Å². The number of hydrogen-bond donors (Lipinski definition) is 3. The number of anilines is 1. The van der Waals surface area contributed by atoms with E-state index in [0.717, 1.165) is 48.1 Å². The minimum absolute atomic E-state index is 0.149. The second-order valence-electron chi connectivity index (χ2n) is 8.10. The molecule has 6 heteroatoms. The summed E-state index contributed by atoms with van der Waals surface area (Å²) in [6.45, 7) is 2.56. The van der Waals surface area contributed by atoms with Gasteiger partial charge in [-0.1, -0.05) is 49.2 Å². The van der Waals surface area contributed by atoms with E-state index in [2.05, 4.69) is 20.6 Å². The maximum Gasteiger partial charge on any atom is 0.251 e. The molecule has 1 aromatic heterocycles. The van der Waals surface area contributed by atoms with Crippen LogP contribution in [-0.4, -0.2) is 33.1 Å². The Balaban J connectivity index is 1.40. The normalized spacial score (nSPS) is 18.4. The van der Waals surface area contributed by atoms with Crippen molar-refractivity contribution < 1.29 is 9.90 Å². The fraction of sp³-hybridized carbons (Fsp3) is 0.320. The number of rotatable bonds is 6. The van der Waals surface area contributed by atoms with E-state index >= 15 is 0 Å². The summed E-state index contributed by atoms with van der Waals surface area (Å²) in [4.78, 5) is 21.6. The summed E-state index contributed by atoms with van der Waals surface area (Å²) < 4.78 is 0. The minimum atomic E-state index is -0.459. The Bertz CT molecular complexity index is 1020. The van der Waals surface area contributed by atoms with Gasteiger partial charge in [-0.3, -0.25) is 4.79 Å². The minimum Gasteiger partial charge on any atom is -0.391 e. The van der Waals surface area contributed by atoms with Crippen molar-refractivity contribution in [1.82, 2.24) is 15.3 Å². The third kappa shape index (κ3) is 5.27. The molecule has 1 amide bonds. The number of aliphatic hydroxyl groups is 1. The summed E-state index contributed by atoms with van der Waals surface area (Å²) in [7, 11) is 0. The second-order valence-corrected chi connectivity index (χ2v) is 8.10. The Morgan fingerprint density at radius 3 is 2.55 bits per heavy atom. The molecule has 0 radical (unpaired) electrons. The first-order valence-electron chi connectivity index (χ1n) is 10.8. The van der Waals surface area contributed by atoms with Crippen LogP contribution in [0.5, 0.6) is 0 Å². The molecule has 6 nitrogen and oxygen atoms in total. The predicted molar refractivity (Wildman–Crippen MR) is 122 cm³/mol. The highest BCUT2D eigenvalue weighted by Crippen LogP contribution is 2.21. The van der Waals surface area contributed by atoms with Crippen LogP contribution < -0.4 is 10.6 Å². The van der Waals surface area contributed by atoms with E-state index < -0.39 is 6.10 Å². The van der Waals surface area contributed by atoms with Crippen molar-refractivity contribution in [3.05, 3.63) is 77.6 Å². The Morgan fingerprint density at radius 1 is 1.06 bits per heavy atom. The fourth-order valence-corrected chi connectivity index (χ4v) is 3.86. The zero-order valence-electron chi connectivity index (χ0n) is 17.7. The van der Waals surface area contributed by atoms with Crippen molar-refractivity contribution in [2.75, 3.05) is 5.32 Å². The molecule has 160 valence electrons. The smallest absolute Gasteiger partial charge is 0.251 e. The third-order valence-corrected chi connectivity index (χ3v) is 5.77. The number of aromatic nitrogens is 2. The zero-order chi connectivity index (χ0) is 21.6. The van der Waals surface area contributed by atoms with Gasteiger partial charge in [0.05, 0.1) is 12.1 Å². The lowest BCUT2D eigenvalue weighted by Crippen LogP contribution is -2.45. The Labute approximate surface area is 182 Å². The highest BCUT2D eigenvalue weighted by atomic mass is 16.3. The maximum absolute atomic E-state index is 12.7. The highest BCUT2D eigenvalue weighted by molar-refractivity contribution is 5.95. The average Bonchev–Trinajstić information content (AvgIpc) is 2.81. The molecule has 3 N–H and O–H groups in total. The summed E-state index contributed by atoms with van der Waals surface area (Å²) in [5.41, 5.74) is 4.47. The highest BCUT2D eigenvalue weighted by Gasteiger charge is 2.25. The summed E-state index contributed by atoms with van der Waals surface area (Å²) in [5, 5.41) is 16.5. The van der Waals surface area contributed by atoms with Gasteiger partial charge in [-0.25, -0.2) is 9.97 Å². The van der Waals surface area contributed by atoms with Gasteiger partial charge in [-0.2, -0.15) is 0 Å². The van der Waals surface area contributed by atoms with Crippen molar-refractivity contribution in [2.24, 2.45) is 0 Å². The van der Waals surface area contributed by atoms with Crippen LogP contribution in [0.1, 0.15) is 47.2 Å². The first-order chi connectivity index (χ1) is 15.1. The molecule has 3 aromatic rings. The fourth-order valence-electron chi connectivity index (χ4n) is 3.86. The number of amides is 1. The van der Waals surface area contributed by atoms with Crippen LogP contribution in [-0.2, 0) is 6.54 Å². The number of nitrogens with one attached hydrogen (secondary N) is 2. The van der Waals surface area contributed by atoms with E-state index in [-0.39, 0.29) is 11.9 Å². The number of carbonyl (C=O) groups is 1. The number of aliphatic hydroxyl groups excluding tert-OH is 1. The summed E-state index contributed by atoms with van der Waals surface area (Å²) in [6, 6.07) is 15.3. The van der Waals surface area contributed by atoms with Crippen LogP contribution in [0.4, 0.5) is 5.69 Å². The van der Waals surface area contributed by atoms with Crippen molar-refractivity contribution in [2.45, 2.75) is 51.3 Å². The van der Waals surface area contributed by atoms with E-state index in [9.17, 15) is 9.90 Å². The molecule has 0 unspecified atom stereocenters. The summed E-state index contributed by atoms with van der Waals surface area (Å²) in [6.07, 6.45) is 6.80. The van der Waals surface area contributed by atoms with Gasteiger partial charge in [0.2, 0.25) is 0 Å². The van der Waals surface area contributed by atoms with Crippen LogP contribution in [0.3, 0.4) is 0 Å². The van der Waals surface area contributed by atoms with Gasteiger partial charge in [0.25, 0.3) is 5.91 Å². The quantitative estimate of drug-likeness (QED) is 0.563. The lowest BCUT2D eigenvalue weighted by Gasteiger charge is -2.28. The maximum atomic E-state index is 12.7. The van der Waals surface area contributed by atoms with Gasteiger partial charge in [0, 0.05) is 41.3 Å². The third-order valence-electron chi connectivity index (χ3n) is 5.77. The Morgan fingerprint density at radius 2 is 1.81 bits per heavy atom. The topological polar surface area (TPSA) is 87.1 Å². The van der Waals surface area contributed by atoms with Crippen molar-refractivity contribution >= 4 is 11.6 Å². The van der Waals surface area contributed by atoms with E-state index in [1.54, 1.807) is 0 Å². The second kappa shape index (κ2) is 9.71. The molecular weight excluding hydrogens is 388 g/mol. The molecule has 1 aliphatic rings. The molecule has 1 heterocycles. The Kier molecular flexibility index (Phi) is 6.57. The lowest BCUT2D eigenvalue weighted by molar-refractivity contribution is 0.0717. The van der Waals surface area contributed by atoms with Gasteiger partial charge in [-0.05, 0) is 37.5 Å². The van der Waals surface area contributed by atoms with Crippen molar-refractivity contribution in [3.8, 4) is 11.4 Å². The molecule has 0 aliphatic heterocycles. The number of carbonyl (C=O) groups excluding carboxylic acids is 1.